The summed E-state index contributed by atoms with van der Waals surface area (Å²) in [5.74, 6) is 0.828. The number of nitrogens with one attached hydrogen (secondary N) is 1. The minimum atomic E-state index is -0.0135. The highest BCUT2D eigenvalue weighted by atomic mass is 31.1. The molecule has 0 aromatic rings. The monoisotopic (exact) mass is 201 g/mol. The highest BCUT2D eigenvalue weighted by Gasteiger charge is 2.26. The Kier molecular flexibility index (Phi) is 4.37. The molecule has 1 aliphatic rings. The zero-order valence-electron chi connectivity index (χ0n) is 9.08. The van der Waals surface area contributed by atoms with Crippen LogP contribution in [0.1, 0.15) is 13.3 Å². The Labute approximate surface area is 83.1 Å². The number of hydrogen-bond donors (Lipinski definition) is 1. The Bertz CT molecular complexity index is 182. The third-order valence-electron chi connectivity index (χ3n) is 2.85. The van der Waals surface area contributed by atoms with Gasteiger partial charge in [0.2, 0.25) is 0 Å². The first-order valence-corrected chi connectivity index (χ1v) is 7.20. The second-order valence-corrected chi connectivity index (χ2v) is 6.23. The first kappa shape index (κ1) is 11.2. The van der Waals surface area contributed by atoms with Crippen molar-refractivity contribution in [2.75, 3.05) is 33.1 Å². The Morgan fingerprint density at radius 1 is 1.62 bits per heavy atom. The molecule has 1 heterocycles. The number of likely N-dealkylation sites (N-methyl/N-ethyl adjacent to an activating group) is 1. The summed E-state index contributed by atoms with van der Waals surface area (Å²) in [5, 5.41) is 3.40. The SMILES string of the molecule is C=[P+](C)CN1CCC(C)C(NC)C1. The third-order valence-corrected chi connectivity index (χ3v) is 3.74. The maximum Gasteiger partial charge on any atom is 0.159 e. The summed E-state index contributed by atoms with van der Waals surface area (Å²) >= 11 is 0. The van der Waals surface area contributed by atoms with E-state index in [0.717, 1.165) is 5.92 Å². The lowest BCUT2D eigenvalue weighted by Crippen LogP contribution is -2.48. The van der Waals surface area contributed by atoms with E-state index in [4.69, 9.17) is 0 Å². The summed E-state index contributed by atoms with van der Waals surface area (Å²) in [7, 11) is 2.06. The minimum Gasteiger partial charge on any atom is -0.315 e. The molecule has 0 radical (unpaired) electrons. The van der Waals surface area contributed by atoms with Gasteiger partial charge in [-0.15, -0.1) is 0 Å². The fourth-order valence-corrected chi connectivity index (χ4v) is 2.92. The summed E-state index contributed by atoms with van der Waals surface area (Å²) in [4.78, 5) is 2.56. The molecule has 76 valence electrons. The molecular formula is C10H22N2P+. The van der Waals surface area contributed by atoms with Crippen molar-refractivity contribution in [3.05, 3.63) is 0 Å². The van der Waals surface area contributed by atoms with Crippen molar-refractivity contribution in [2.24, 2.45) is 5.92 Å². The fourth-order valence-electron chi connectivity index (χ4n) is 1.98. The van der Waals surface area contributed by atoms with Crippen molar-refractivity contribution in [1.29, 1.82) is 0 Å². The maximum atomic E-state index is 4.11. The quantitative estimate of drug-likeness (QED) is 0.695. The van der Waals surface area contributed by atoms with E-state index < -0.39 is 0 Å². The zero-order valence-corrected chi connectivity index (χ0v) is 9.98. The molecular weight excluding hydrogens is 179 g/mol. The van der Waals surface area contributed by atoms with Gasteiger partial charge in [0.1, 0.15) is 0 Å². The molecule has 13 heavy (non-hydrogen) atoms. The van der Waals surface area contributed by atoms with Crippen LogP contribution in [0.5, 0.6) is 0 Å². The predicted octanol–water partition coefficient (Wildman–Crippen LogP) is 1.42. The van der Waals surface area contributed by atoms with Gasteiger partial charge < -0.3 is 5.32 Å². The van der Waals surface area contributed by atoms with Gasteiger partial charge in [0, 0.05) is 19.1 Å². The maximum absolute atomic E-state index is 4.11. The van der Waals surface area contributed by atoms with Crippen LogP contribution >= 0.6 is 7.55 Å². The van der Waals surface area contributed by atoms with Crippen LogP contribution in [0.3, 0.4) is 0 Å². The second-order valence-electron chi connectivity index (χ2n) is 4.24. The van der Waals surface area contributed by atoms with Gasteiger partial charge in [0.05, 0.1) is 20.5 Å². The average Bonchev–Trinajstić information content (AvgIpc) is 2.07. The first-order valence-electron chi connectivity index (χ1n) is 5.04. The van der Waals surface area contributed by atoms with Crippen LogP contribution in [-0.4, -0.2) is 50.3 Å². The van der Waals surface area contributed by atoms with Crippen molar-refractivity contribution >= 4 is 13.8 Å². The lowest BCUT2D eigenvalue weighted by molar-refractivity contribution is 0.175. The molecule has 0 aromatic heterocycles. The highest BCUT2D eigenvalue weighted by Crippen LogP contribution is 2.22. The van der Waals surface area contributed by atoms with E-state index >= 15 is 0 Å². The number of rotatable bonds is 3. The van der Waals surface area contributed by atoms with Crippen molar-refractivity contribution in [3.8, 4) is 0 Å². The van der Waals surface area contributed by atoms with Crippen molar-refractivity contribution in [1.82, 2.24) is 10.2 Å². The van der Waals surface area contributed by atoms with Crippen molar-refractivity contribution in [3.63, 3.8) is 0 Å². The number of nitrogens with zero attached hydrogens (tertiary/aromatic N) is 1. The van der Waals surface area contributed by atoms with Crippen LogP contribution < -0.4 is 5.32 Å². The molecule has 2 nitrogen and oxygen atoms in total. The summed E-state index contributed by atoms with van der Waals surface area (Å²) in [6.07, 6.45) is 6.64. The van der Waals surface area contributed by atoms with Crippen LogP contribution in [0.4, 0.5) is 0 Å². The van der Waals surface area contributed by atoms with E-state index in [-0.39, 0.29) is 7.55 Å². The summed E-state index contributed by atoms with van der Waals surface area (Å²) in [6.45, 7) is 7.07. The van der Waals surface area contributed by atoms with E-state index in [0.29, 0.717) is 6.04 Å². The van der Waals surface area contributed by atoms with Crippen LogP contribution in [0.2, 0.25) is 0 Å². The van der Waals surface area contributed by atoms with Gasteiger partial charge in [-0.3, -0.25) is 4.90 Å². The normalized spacial score (nSPS) is 31.8. The Balaban J connectivity index is 2.40. The smallest absolute Gasteiger partial charge is 0.159 e. The Morgan fingerprint density at radius 3 is 2.85 bits per heavy atom. The largest absolute Gasteiger partial charge is 0.315 e. The molecule has 0 spiro atoms. The first-order chi connectivity index (χ1) is 6.13. The average molecular weight is 201 g/mol. The summed E-state index contributed by atoms with van der Waals surface area (Å²) in [5.41, 5.74) is 0. The van der Waals surface area contributed by atoms with Gasteiger partial charge in [-0.25, -0.2) is 0 Å². The van der Waals surface area contributed by atoms with E-state index in [1.54, 1.807) is 0 Å². The lowest BCUT2D eigenvalue weighted by Gasteiger charge is -2.35. The van der Waals surface area contributed by atoms with Gasteiger partial charge in [0.15, 0.2) is 6.29 Å². The molecule has 3 heteroatoms. The van der Waals surface area contributed by atoms with Crippen molar-refractivity contribution < 1.29 is 0 Å². The standard InChI is InChI=1S/C10H22N2P/c1-9-5-6-12(8-13(3)4)7-10(9)11-2/h9-11H,3,5-8H2,1-2,4H3/q+1. The van der Waals surface area contributed by atoms with E-state index in [1.807, 2.05) is 0 Å². The van der Waals surface area contributed by atoms with Gasteiger partial charge in [-0.2, -0.15) is 0 Å². The van der Waals surface area contributed by atoms with Crippen LogP contribution in [0.25, 0.3) is 0 Å². The number of piperidine rings is 1. The zero-order chi connectivity index (χ0) is 9.84. The third kappa shape index (κ3) is 3.38. The fraction of sp³-hybridized carbons (Fsp3) is 0.900. The summed E-state index contributed by atoms with van der Waals surface area (Å²) in [6, 6.07) is 0.684. The molecule has 0 amide bonds. The lowest BCUT2D eigenvalue weighted by atomic mass is 9.94. The second kappa shape index (κ2) is 5.09. The molecule has 0 aliphatic carbocycles. The van der Waals surface area contributed by atoms with E-state index in [2.05, 4.69) is 37.2 Å². The van der Waals surface area contributed by atoms with Gasteiger partial charge in [0.25, 0.3) is 0 Å². The number of hydrogen-bond acceptors (Lipinski definition) is 2. The Morgan fingerprint density at radius 2 is 2.31 bits per heavy atom. The van der Waals surface area contributed by atoms with E-state index in [9.17, 15) is 0 Å². The van der Waals surface area contributed by atoms with Crippen LogP contribution in [0, 0.1) is 5.92 Å². The molecule has 3 unspecified atom stereocenters. The highest BCUT2D eigenvalue weighted by molar-refractivity contribution is 7.54. The molecule has 0 saturated carbocycles. The molecule has 1 fully saturated rings. The Hall–Kier alpha value is 0.0900. The van der Waals surface area contributed by atoms with Crippen LogP contribution in [0.15, 0.2) is 0 Å². The molecule has 3 atom stereocenters. The van der Waals surface area contributed by atoms with Gasteiger partial charge >= 0.3 is 0 Å². The molecule has 1 rings (SSSR count). The minimum absolute atomic E-state index is 0.0135. The van der Waals surface area contributed by atoms with Gasteiger partial charge in [-0.1, -0.05) is 6.92 Å². The predicted molar refractivity (Wildman–Crippen MR) is 63.0 cm³/mol. The van der Waals surface area contributed by atoms with Crippen LogP contribution in [-0.2, 0) is 0 Å². The molecule has 1 aliphatic heterocycles. The van der Waals surface area contributed by atoms with Gasteiger partial charge in [-0.05, 0) is 19.4 Å². The molecule has 1 saturated heterocycles. The van der Waals surface area contributed by atoms with E-state index in [1.165, 1.54) is 25.8 Å². The topological polar surface area (TPSA) is 15.3 Å². The molecule has 0 bridgehead atoms. The summed E-state index contributed by atoms with van der Waals surface area (Å²) < 4.78 is 0. The molecule has 1 N–H and O–H groups in total. The van der Waals surface area contributed by atoms with Crippen molar-refractivity contribution in [2.45, 2.75) is 19.4 Å². The molecule has 0 aromatic carbocycles. The number of likely N-dealkylation sites (tertiary alicyclic amines) is 1.